The standard InChI is InChI=1S/C25H31N3O3/c1-24(2,3)16-7-11-18(12-8-16)30-15-20-21(22(26)28-23(29)27-20)31-19-13-9-17(10-14-19)25(4,5)6/h7-14H,15H2,1-6H3,(H3,26,27,28,29). The monoisotopic (exact) mass is 421 g/mol. The number of aromatic amines is 1. The van der Waals surface area contributed by atoms with Crippen LogP contribution in [0.1, 0.15) is 58.4 Å². The molecule has 0 aliphatic heterocycles. The third-order valence-corrected chi connectivity index (χ3v) is 5.03. The van der Waals surface area contributed by atoms with Crippen LogP contribution < -0.4 is 20.9 Å². The molecule has 0 saturated heterocycles. The van der Waals surface area contributed by atoms with Crippen molar-refractivity contribution in [2.75, 3.05) is 5.73 Å². The predicted molar refractivity (Wildman–Crippen MR) is 124 cm³/mol. The summed E-state index contributed by atoms with van der Waals surface area (Å²) in [6, 6.07) is 15.7. The molecule has 3 rings (SSSR count). The molecule has 2 aromatic carbocycles. The van der Waals surface area contributed by atoms with E-state index in [4.69, 9.17) is 15.2 Å². The summed E-state index contributed by atoms with van der Waals surface area (Å²) >= 11 is 0. The largest absolute Gasteiger partial charge is 0.487 e. The second kappa shape index (κ2) is 8.46. The maximum atomic E-state index is 11.9. The van der Waals surface area contributed by atoms with Gasteiger partial charge in [0.2, 0.25) is 0 Å². The van der Waals surface area contributed by atoms with Crippen molar-refractivity contribution in [1.29, 1.82) is 0 Å². The number of benzene rings is 2. The number of rotatable bonds is 5. The molecule has 164 valence electrons. The topological polar surface area (TPSA) is 90.2 Å². The van der Waals surface area contributed by atoms with Crippen molar-refractivity contribution in [2.24, 2.45) is 0 Å². The van der Waals surface area contributed by atoms with Crippen molar-refractivity contribution in [3.05, 3.63) is 75.8 Å². The highest BCUT2D eigenvalue weighted by Crippen LogP contribution is 2.31. The van der Waals surface area contributed by atoms with Gasteiger partial charge in [-0.25, -0.2) is 4.79 Å². The maximum absolute atomic E-state index is 11.9. The number of H-pyrrole nitrogens is 1. The Morgan fingerprint density at radius 3 is 1.81 bits per heavy atom. The average Bonchev–Trinajstić information content (AvgIpc) is 2.68. The SMILES string of the molecule is CC(C)(C)c1ccc(OCc2[nH]c(=O)nc(N)c2Oc2ccc(C(C)(C)C)cc2)cc1. The molecule has 0 radical (unpaired) electrons. The van der Waals surface area contributed by atoms with Gasteiger partial charge in [0.25, 0.3) is 0 Å². The van der Waals surface area contributed by atoms with Crippen LogP contribution in [0.25, 0.3) is 0 Å². The van der Waals surface area contributed by atoms with Gasteiger partial charge in [-0.2, -0.15) is 4.98 Å². The van der Waals surface area contributed by atoms with Gasteiger partial charge in [0.15, 0.2) is 11.6 Å². The van der Waals surface area contributed by atoms with Gasteiger partial charge in [-0.3, -0.25) is 0 Å². The Hall–Kier alpha value is -3.28. The maximum Gasteiger partial charge on any atom is 0.347 e. The summed E-state index contributed by atoms with van der Waals surface area (Å²) in [5.74, 6) is 1.59. The fourth-order valence-electron chi connectivity index (χ4n) is 3.09. The summed E-state index contributed by atoms with van der Waals surface area (Å²) in [5.41, 5.74) is 8.38. The Kier molecular flexibility index (Phi) is 6.11. The number of ether oxygens (including phenoxy) is 2. The molecule has 0 spiro atoms. The predicted octanol–water partition coefficient (Wildman–Crippen LogP) is 5.32. The van der Waals surface area contributed by atoms with Crippen LogP contribution in [-0.2, 0) is 17.4 Å². The Morgan fingerprint density at radius 2 is 1.32 bits per heavy atom. The quantitative estimate of drug-likeness (QED) is 0.582. The molecule has 0 fully saturated rings. The fraction of sp³-hybridized carbons (Fsp3) is 0.360. The molecule has 0 atom stereocenters. The van der Waals surface area contributed by atoms with Crippen LogP contribution in [0.2, 0.25) is 0 Å². The van der Waals surface area contributed by atoms with Crippen LogP contribution >= 0.6 is 0 Å². The van der Waals surface area contributed by atoms with Gasteiger partial charge in [-0.15, -0.1) is 0 Å². The second-order valence-electron chi connectivity index (χ2n) is 9.67. The lowest BCUT2D eigenvalue weighted by Crippen LogP contribution is -2.18. The third-order valence-electron chi connectivity index (χ3n) is 5.03. The van der Waals surface area contributed by atoms with Gasteiger partial charge in [0.05, 0.1) is 0 Å². The molecule has 1 heterocycles. The van der Waals surface area contributed by atoms with E-state index in [2.05, 4.69) is 51.5 Å². The molecule has 0 saturated carbocycles. The Balaban J connectivity index is 1.81. The highest BCUT2D eigenvalue weighted by atomic mass is 16.5. The molecule has 0 amide bonds. The molecule has 6 heteroatoms. The minimum Gasteiger partial charge on any atom is -0.487 e. The van der Waals surface area contributed by atoms with E-state index in [0.717, 1.165) is 0 Å². The first-order valence-corrected chi connectivity index (χ1v) is 10.3. The number of anilines is 1. The molecule has 31 heavy (non-hydrogen) atoms. The molecule has 0 aliphatic rings. The van der Waals surface area contributed by atoms with E-state index in [1.165, 1.54) is 11.1 Å². The fourth-order valence-corrected chi connectivity index (χ4v) is 3.09. The zero-order chi connectivity index (χ0) is 22.8. The second-order valence-corrected chi connectivity index (χ2v) is 9.67. The molecular formula is C25H31N3O3. The van der Waals surface area contributed by atoms with E-state index < -0.39 is 5.69 Å². The van der Waals surface area contributed by atoms with Crippen LogP contribution in [0.5, 0.6) is 17.2 Å². The van der Waals surface area contributed by atoms with E-state index in [-0.39, 0.29) is 29.0 Å². The smallest absolute Gasteiger partial charge is 0.347 e. The highest BCUT2D eigenvalue weighted by molar-refractivity contribution is 5.50. The lowest BCUT2D eigenvalue weighted by atomic mass is 9.87. The number of nitrogens with two attached hydrogens (primary N) is 1. The highest BCUT2D eigenvalue weighted by Gasteiger charge is 2.17. The minimum absolute atomic E-state index is 0.0188. The van der Waals surface area contributed by atoms with Crippen LogP contribution in [0.4, 0.5) is 5.82 Å². The van der Waals surface area contributed by atoms with E-state index >= 15 is 0 Å². The lowest BCUT2D eigenvalue weighted by Gasteiger charge is -2.20. The van der Waals surface area contributed by atoms with E-state index in [1.807, 2.05) is 48.5 Å². The van der Waals surface area contributed by atoms with Gasteiger partial charge in [0.1, 0.15) is 23.8 Å². The van der Waals surface area contributed by atoms with Crippen molar-refractivity contribution >= 4 is 5.82 Å². The van der Waals surface area contributed by atoms with Crippen LogP contribution in [0.15, 0.2) is 53.3 Å². The summed E-state index contributed by atoms with van der Waals surface area (Å²) in [6.45, 7) is 13.0. The van der Waals surface area contributed by atoms with Gasteiger partial charge in [0, 0.05) is 0 Å². The van der Waals surface area contributed by atoms with E-state index in [0.29, 0.717) is 17.2 Å². The molecule has 3 aromatic rings. The first-order chi connectivity index (χ1) is 14.4. The molecule has 3 N–H and O–H groups in total. The summed E-state index contributed by atoms with van der Waals surface area (Å²) < 4.78 is 11.9. The van der Waals surface area contributed by atoms with Gasteiger partial charge < -0.3 is 20.2 Å². The van der Waals surface area contributed by atoms with Crippen molar-refractivity contribution in [2.45, 2.75) is 59.0 Å². The van der Waals surface area contributed by atoms with Gasteiger partial charge in [-0.1, -0.05) is 65.8 Å². The number of nitrogens with zero attached hydrogens (tertiary/aromatic N) is 1. The summed E-state index contributed by atoms with van der Waals surface area (Å²) in [7, 11) is 0. The Labute approximate surface area is 183 Å². The molecule has 1 aromatic heterocycles. The molecule has 6 nitrogen and oxygen atoms in total. The van der Waals surface area contributed by atoms with E-state index in [9.17, 15) is 4.79 Å². The van der Waals surface area contributed by atoms with E-state index in [1.54, 1.807) is 0 Å². The zero-order valence-electron chi connectivity index (χ0n) is 19.1. The third kappa shape index (κ3) is 5.66. The number of hydrogen-bond acceptors (Lipinski definition) is 5. The van der Waals surface area contributed by atoms with Crippen LogP contribution in [0, 0.1) is 0 Å². The van der Waals surface area contributed by atoms with Crippen molar-refractivity contribution in [1.82, 2.24) is 9.97 Å². The normalized spacial score (nSPS) is 11.9. The molecular weight excluding hydrogens is 390 g/mol. The first-order valence-electron chi connectivity index (χ1n) is 10.3. The number of nitrogen functional groups attached to an aromatic ring is 1. The number of aromatic nitrogens is 2. The minimum atomic E-state index is -0.547. The summed E-state index contributed by atoms with van der Waals surface area (Å²) in [6.07, 6.45) is 0. The summed E-state index contributed by atoms with van der Waals surface area (Å²) in [5, 5.41) is 0. The molecule has 0 aliphatic carbocycles. The van der Waals surface area contributed by atoms with Crippen LogP contribution in [-0.4, -0.2) is 9.97 Å². The Morgan fingerprint density at radius 1 is 0.839 bits per heavy atom. The number of hydrogen-bond donors (Lipinski definition) is 2. The van der Waals surface area contributed by atoms with Gasteiger partial charge in [-0.05, 0) is 46.2 Å². The number of nitrogens with one attached hydrogen (secondary N) is 1. The lowest BCUT2D eigenvalue weighted by molar-refractivity contribution is 0.294. The average molecular weight is 422 g/mol. The Bertz CT molecular complexity index is 1090. The summed E-state index contributed by atoms with van der Waals surface area (Å²) in [4.78, 5) is 18.3. The van der Waals surface area contributed by atoms with Crippen molar-refractivity contribution in [3.63, 3.8) is 0 Å². The molecule has 0 bridgehead atoms. The van der Waals surface area contributed by atoms with Crippen molar-refractivity contribution in [3.8, 4) is 17.2 Å². The zero-order valence-corrected chi connectivity index (χ0v) is 19.1. The first kappa shape index (κ1) is 22.4. The molecule has 0 unspecified atom stereocenters. The van der Waals surface area contributed by atoms with Gasteiger partial charge >= 0.3 is 5.69 Å². The van der Waals surface area contributed by atoms with Crippen molar-refractivity contribution < 1.29 is 9.47 Å². The van der Waals surface area contributed by atoms with Crippen LogP contribution in [0.3, 0.4) is 0 Å².